The second-order valence-corrected chi connectivity index (χ2v) is 9.20. The van der Waals surface area contributed by atoms with Crippen molar-refractivity contribution in [2.45, 2.75) is 19.2 Å². The molecule has 1 saturated heterocycles. The number of aliphatic hydroxyl groups is 1. The Balaban J connectivity index is 1.53. The van der Waals surface area contributed by atoms with E-state index in [2.05, 4.69) is 4.98 Å². The minimum absolute atomic E-state index is 0.0148. The number of aromatic nitrogens is 1. The van der Waals surface area contributed by atoms with E-state index in [1.807, 2.05) is 36.4 Å². The number of ether oxygens (including phenoxy) is 3. The van der Waals surface area contributed by atoms with Crippen molar-refractivity contribution >= 4 is 17.4 Å². The maximum atomic E-state index is 13.4. The number of carbonyl (C=O) groups is 2. The summed E-state index contributed by atoms with van der Waals surface area (Å²) in [5.41, 5.74) is 2.75. The highest BCUT2D eigenvalue weighted by Gasteiger charge is 2.46. The largest absolute Gasteiger partial charge is 0.507 e. The predicted molar refractivity (Wildman–Crippen MR) is 149 cm³/mol. The third-order valence-electron chi connectivity index (χ3n) is 6.72. The molecule has 0 saturated carbocycles. The van der Waals surface area contributed by atoms with Gasteiger partial charge in [0.25, 0.3) is 11.7 Å². The predicted octanol–water partition coefficient (Wildman–Crippen LogP) is 5.30. The van der Waals surface area contributed by atoms with Gasteiger partial charge in [-0.2, -0.15) is 0 Å². The van der Waals surface area contributed by atoms with Crippen LogP contribution in [0.3, 0.4) is 0 Å². The Kier molecular flexibility index (Phi) is 7.77. The highest BCUT2D eigenvalue weighted by Crippen LogP contribution is 2.41. The molecule has 1 amide bonds. The van der Waals surface area contributed by atoms with E-state index in [4.69, 9.17) is 14.2 Å². The summed E-state index contributed by atoms with van der Waals surface area (Å²) >= 11 is 0. The van der Waals surface area contributed by atoms with Crippen molar-refractivity contribution in [1.82, 2.24) is 9.88 Å². The first-order chi connectivity index (χ1) is 19.5. The van der Waals surface area contributed by atoms with Gasteiger partial charge in [-0.25, -0.2) is 0 Å². The average Bonchev–Trinajstić information content (AvgIpc) is 3.25. The molecule has 8 nitrogen and oxygen atoms in total. The molecule has 40 heavy (non-hydrogen) atoms. The van der Waals surface area contributed by atoms with Gasteiger partial charge in [0.1, 0.15) is 18.1 Å². The quantitative estimate of drug-likeness (QED) is 0.176. The minimum Gasteiger partial charge on any atom is -0.507 e. The molecule has 1 unspecified atom stereocenters. The molecule has 4 aromatic rings. The number of benzene rings is 3. The lowest BCUT2D eigenvalue weighted by molar-refractivity contribution is -0.140. The van der Waals surface area contributed by atoms with E-state index >= 15 is 0 Å². The monoisotopic (exact) mass is 536 g/mol. The molecule has 0 radical (unpaired) electrons. The number of aliphatic hydroxyl groups excluding tert-OH is 1. The Morgan fingerprint density at radius 2 is 1.60 bits per heavy atom. The van der Waals surface area contributed by atoms with Crippen molar-refractivity contribution < 1.29 is 28.9 Å². The first-order valence-electron chi connectivity index (χ1n) is 12.7. The molecule has 0 aliphatic carbocycles. The molecule has 1 N–H and O–H groups in total. The van der Waals surface area contributed by atoms with Crippen molar-refractivity contribution in [1.29, 1.82) is 0 Å². The fourth-order valence-corrected chi connectivity index (χ4v) is 4.70. The Morgan fingerprint density at radius 3 is 2.27 bits per heavy atom. The van der Waals surface area contributed by atoms with E-state index in [0.717, 1.165) is 11.1 Å². The average molecular weight is 537 g/mol. The zero-order chi connectivity index (χ0) is 28.1. The maximum absolute atomic E-state index is 13.4. The van der Waals surface area contributed by atoms with Crippen LogP contribution in [0.25, 0.3) is 5.76 Å². The highest BCUT2D eigenvalue weighted by molar-refractivity contribution is 6.46. The lowest BCUT2D eigenvalue weighted by Crippen LogP contribution is -2.29. The summed E-state index contributed by atoms with van der Waals surface area (Å²) < 4.78 is 16.6. The maximum Gasteiger partial charge on any atom is 0.295 e. The SMILES string of the molecule is COc1ccc(/C(O)=C2/C(=O)C(=O)N(Cc3cccnc3)C2c2ccc(OCc3ccccc3)cc2)cc1OC. The number of ketones is 1. The standard InChI is InChI=1S/C32H28N2O6/c1-38-26-15-12-24(17-27(26)39-2)30(35)28-29(34(32(37)31(28)36)19-22-9-6-16-33-18-22)23-10-13-25(14-11-23)40-20-21-7-4-3-5-8-21/h3-18,29,35H,19-20H2,1-2H3/b30-28-. The summed E-state index contributed by atoms with van der Waals surface area (Å²) in [5, 5.41) is 11.4. The number of methoxy groups -OCH3 is 2. The molecule has 0 bridgehead atoms. The van der Waals surface area contributed by atoms with Crippen LogP contribution in [0.5, 0.6) is 17.2 Å². The van der Waals surface area contributed by atoms with Gasteiger partial charge in [0.05, 0.1) is 25.8 Å². The van der Waals surface area contributed by atoms with Gasteiger partial charge in [0.15, 0.2) is 11.5 Å². The van der Waals surface area contributed by atoms with Crippen LogP contribution in [0.2, 0.25) is 0 Å². The summed E-state index contributed by atoms with van der Waals surface area (Å²) in [6, 6.07) is 24.6. The van der Waals surface area contributed by atoms with E-state index in [1.165, 1.54) is 19.1 Å². The zero-order valence-electron chi connectivity index (χ0n) is 22.1. The van der Waals surface area contributed by atoms with E-state index in [1.54, 1.807) is 60.9 Å². The number of pyridine rings is 1. The van der Waals surface area contributed by atoms with Crippen LogP contribution < -0.4 is 14.2 Å². The van der Waals surface area contributed by atoms with E-state index in [0.29, 0.717) is 35.0 Å². The van der Waals surface area contributed by atoms with Crippen LogP contribution in [0.4, 0.5) is 0 Å². The Morgan fingerprint density at radius 1 is 0.875 bits per heavy atom. The summed E-state index contributed by atoms with van der Waals surface area (Å²) in [5.74, 6) is -0.295. The second kappa shape index (κ2) is 11.7. The summed E-state index contributed by atoms with van der Waals surface area (Å²) in [7, 11) is 2.99. The number of Topliss-reactive ketones (excluding diaryl/α,β-unsaturated/α-hetero) is 1. The lowest BCUT2D eigenvalue weighted by atomic mass is 9.95. The number of rotatable bonds is 9. The Labute approximate surface area is 232 Å². The molecular weight excluding hydrogens is 508 g/mol. The third-order valence-corrected chi connectivity index (χ3v) is 6.72. The van der Waals surface area contributed by atoms with Crippen LogP contribution in [-0.4, -0.2) is 40.9 Å². The van der Waals surface area contributed by atoms with Gasteiger partial charge in [-0.3, -0.25) is 14.6 Å². The van der Waals surface area contributed by atoms with Gasteiger partial charge in [0.2, 0.25) is 0 Å². The summed E-state index contributed by atoms with van der Waals surface area (Å²) in [4.78, 5) is 32.3. The van der Waals surface area contributed by atoms with Gasteiger partial charge < -0.3 is 24.2 Å². The van der Waals surface area contributed by atoms with Gasteiger partial charge >= 0.3 is 0 Å². The fraction of sp³-hybridized carbons (Fsp3) is 0.156. The Bertz CT molecular complexity index is 1540. The molecule has 3 aromatic carbocycles. The molecule has 2 heterocycles. The Hall–Kier alpha value is -5.11. The topological polar surface area (TPSA) is 98.2 Å². The number of carbonyl (C=O) groups excluding carboxylic acids is 2. The smallest absolute Gasteiger partial charge is 0.295 e. The number of likely N-dealkylation sites (tertiary alicyclic amines) is 1. The molecule has 1 atom stereocenters. The third kappa shape index (κ3) is 5.37. The number of hydrogen-bond acceptors (Lipinski definition) is 7. The highest BCUT2D eigenvalue weighted by atomic mass is 16.5. The number of amides is 1. The molecule has 1 aromatic heterocycles. The fourth-order valence-electron chi connectivity index (χ4n) is 4.70. The molecule has 8 heteroatoms. The van der Waals surface area contributed by atoms with Crippen LogP contribution in [0, 0.1) is 0 Å². The van der Waals surface area contributed by atoms with Crippen molar-refractivity contribution in [3.63, 3.8) is 0 Å². The van der Waals surface area contributed by atoms with Crippen LogP contribution >= 0.6 is 0 Å². The molecule has 5 rings (SSSR count). The lowest BCUT2D eigenvalue weighted by Gasteiger charge is -2.25. The number of nitrogens with zero attached hydrogens (tertiary/aromatic N) is 2. The molecule has 1 aliphatic heterocycles. The van der Waals surface area contributed by atoms with Gasteiger partial charge in [0, 0.05) is 24.5 Å². The van der Waals surface area contributed by atoms with E-state index in [-0.39, 0.29) is 17.9 Å². The molecule has 1 fully saturated rings. The van der Waals surface area contributed by atoms with E-state index < -0.39 is 17.7 Å². The minimum atomic E-state index is -0.837. The van der Waals surface area contributed by atoms with Gasteiger partial charge in [-0.1, -0.05) is 48.5 Å². The van der Waals surface area contributed by atoms with Crippen molar-refractivity contribution in [2.24, 2.45) is 0 Å². The van der Waals surface area contributed by atoms with Crippen LogP contribution in [0.1, 0.15) is 28.3 Å². The van der Waals surface area contributed by atoms with Crippen molar-refractivity contribution in [2.75, 3.05) is 14.2 Å². The normalized spacial score (nSPS) is 16.1. The van der Waals surface area contributed by atoms with E-state index in [9.17, 15) is 14.7 Å². The van der Waals surface area contributed by atoms with Crippen LogP contribution in [0.15, 0.2) is 103 Å². The molecule has 0 spiro atoms. The van der Waals surface area contributed by atoms with Crippen molar-refractivity contribution in [3.05, 3.63) is 125 Å². The number of hydrogen-bond donors (Lipinski definition) is 1. The molecular formula is C32H28N2O6. The summed E-state index contributed by atoms with van der Waals surface area (Å²) in [6.45, 7) is 0.539. The first kappa shape index (κ1) is 26.5. The van der Waals surface area contributed by atoms with Gasteiger partial charge in [-0.05, 0) is 53.1 Å². The molecule has 1 aliphatic rings. The van der Waals surface area contributed by atoms with Crippen molar-refractivity contribution in [3.8, 4) is 17.2 Å². The second-order valence-electron chi connectivity index (χ2n) is 9.20. The summed E-state index contributed by atoms with van der Waals surface area (Å²) in [6.07, 6.45) is 3.28. The molecule has 202 valence electrons. The van der Waals surface area contributed by atoms with Gasteiger partial charge in [-0.15, -0.1) is 0 Å². The van der Waals surface area contributed by atoms with Crippen LogP contribution in [-0.2, 0) is 22.7 Å². The zero-order valence-corrected chi connectivity index (χ0v) is 22.1. The first-order valence-corrected chi connectivity index (χ1v) is 12.7.